The Morgan fingerprint density at radius 2 is 1.96 bits per heavy atom. The van der Waals surface area contributed by atoms with Crippen molar-refractivity contribution >= 4 is 27.4 Å². The highest BCUT2D eigenvalue weighted by Gasteiger charge is 2.57. The van der Waals surface area contributed by atoms with E-state index in [1.807, 2.05) is 0 Å². The number of anilines is 1. The van der Waals surface area contributed by atoms with Crippen LogP contribution in [0.2, 0.25) is 0 Å². The highest BCUT2D eigenvalue weighted by molar-refractivity contribution is 7.90. The standard InChI is InChI=1S/C18H24N2O5S/c1-3-25-17(22)12-8-13(10-14(9-12)26(2,23)24)20-16(21)15-11-18(15)4-6-19-7-5-18/h8-10,15,19H,3-7,11H2,1-2H3,(H,20,21). The van der Waals surface area contributed by atoms with Gasteiger partial charge in [-0.3, -0.25) is 4.79 Å². The van der Waals surface area contributed by atoms with Gasteiger partial charge in [0.15, 0.2) is 9.84 Å². The Kier molecular flexibility index (Phi) is 5.07. The minimum absolute atomic E-state index is 0.0225. The summed E-state index contributed by atoms with van der Waals surface area (Å²) in [6.07, 6.45) is 3.87. The van der Waals surface area contributed by atoms with Crippen LogP contribution in [0, 0.1) is 11.3 Å². The molecule has 1 amide bonds. The van der Waals surface area contributed by atoms with E-state index < -0.39 is 15.8 Å². The molecule has 1 aromatic carbocycles. The van der Waals surface area contributed by atoms with Crippen molar-refractivity contribution in [3.63, 3.8) is 0 Å². The van der Waals surface area contributed by atoms with Crippen LogP contribution < -0.4 is 10.6 Å². The summed E-state index contributed by atoms with van der Waals surface area (Å²) in [6, 6.07) is 4.11. The van der Waals surface area contributed by atoms with Crippen molar-refractivity contribution < 1.29 is 22.7 Å². The molecule has 0 aromatic heterocycles. The average Bonchev–Trinajstić information content (AvgIpc) is 3.28. The minimum atomic E-state index is -3.53. The van der Waals surface area contributed by atoms with Gasteiger partial charge in [-0.2, -0.15) is 0 Å². The Morgan fingerprint density at radius 3 is 2.58 bits per heavy atom. The van der Waals surface area contributed by atoms with Gasteiger partial charge >= 0.3 is 5.97 Å². The molecular weight excluding hydrogens is 356 g/mol. The summed E-state index contributed by atoms with van der Waals surface area (Å²) in [5, 5.41) is 6.09. The van der Waals surface area contributed by atoms with Crippen LogP contribution in [0.25, 0.3) is 0 Å². The van der Waals surface area contributed by atoms with E-state index in [-0.39, 0.29) is 34.3 Å². The molecule has 2 N–H and O–H groups in total. The lowest BCUT2D eigenvalue weighted by atomic mass is 9.92. The number of sulfone groups is 1. The Bertz CT molecular complexity index is 828. The fraction of sp³-hybridized carbons (Fsp3) is 0.556. The molecule has 1 saturated carbocycles. The number of carbonyl (C=O) groups is 2. The molecule has 142 valence electrons. The van der Waals surface area contributed by atoms with E-state index in [0.717, 1.165) is 38.6 Å². The monoisotopic (exact) mass is 380 g/mol. The zero-order chi connectivity index (χ0) is 18.9. The summed E-state index contributed by atoms with van der Waals surface area (Å²) < 4.78 is 28.8. The average molecular weight is 380 g/mol. The summed E-state index contributed by atoms with van der Waals surface area (Å²) in [7, 11) is -3.53. The smallest absolute Gasteiger partial charge is 0.338 e. The Morgan fingerprint density at radius 1 is 1.27 bits per heavy atom. The van der Waals surface area contributed by atoms with Crippen molar-refractivity contribution in [2.24, 2.45) is 11.3 Å². The number of benzene rings is 1. The number of hydrogen-bond donors (Lipinski definition) is 2. The van der Waals surface area contributed by atoms with Crippen LogP contribution in [-0.4, -0.2) is 46.2 Å². The second kappa shape index (κ2) is 7.00. The predicted molar refractivity (Wildman–Crippen MR) is 96.8 cm³/mol. The molecule has 8 heteroatoms. The third kappa shape index (κ3) is 3.91. The lowest BCUT2D eigenvalue weighted by Crippen LogP contribution is -2.31. The quantitative estimate of drug-likeness (QED) is 0.753. The van der Waals surface area contributed by atoms with Gasteiger partial charge in [-0.15, -0.1) is 0 Å². The van der Waals surface area contributed by atoms with Gasteiger partial charge in [-0.25, -0.2) is 13.2 Å². The zero-order valence-corrected chi connectivity index (χ0v) is 15.8. The number of ether oxygens (including phenoxy) is 1. The van der Waals surface area contributed by atoms with Crippen molar-refractivity contribution in [1.82, 2.24) is 5.32 Å². The van der Waals surface area contributed by atoms with E-state index in [1.54, 1.807) is 6.92 Å². The molecule has 1 heterocycles. The van der Waals surface area contributed by atoms with Crippen molar-refractivity contribution in [2.75, 3.05) is 31.3 Å². The molecule has 1 saturated heterocycles. The van der Waals surface area contributed by atoms with E-state index >= 15 is 0 Å². The third-order valence-corrected chi connectivity index (χ3v) is 6.31. The van der Waals surface area contributed by atoms with Gasteiger partial charge in [0.2, 0.25) is 5.91 Å². The van der Waals surface area contributed by atoms with Crippen LogP contribution in [-0.2, 0) is 19.4 Å². The van der Waals surface area contributed by atoms with Gasteiger partial charge in [-0.1, -0.05) is 0 Å². The maximum atomic E-state index is 12.6. The molecule has 1 aromatic rings. The van der Waals surface area contributed by atoms with Gasteiger partial charge < -0.3 is 15.4 Å². The van der Waals surface area contributed by atoms with Crippen LogP contribution in [0.1, 0.15) is 36.5 Å². The highest BCUT2D eigenvalue weighted by atomic mass is 32.2. The normalized spacial score (nSPS) is 21.2. The second-order valence-corrected chi connectivity index (χ2v) is 9.11. The maximum Gasteiger partial charge on any atom is 0.338 e. The Hall–Kier alpha value is -1.93. The number of carbonyl (C=O) groups excluding carboxylic acids is 2. The van der Waals surface area contributed by atoms with E-state index in [2.05, 4.69) is 10.6 Å². The molecule has 1 spiro atoms. The van der Waals surface area contributed by atoms with Crippen LogP contribution >= 0.6 is 0 Å². The fourth-order valence-electron chi connectivity index (χ4n) is 3.64. The fourth-order valence-corrected chi connectivity index (χ4v) is 4.32. The van der Waals surface area contributed by atoms with Crippen molar-refractivity contribution in [2.45, 2.75) is 31.1 Å². The minimum Gasteiger partial charge on any atom is -0.462 e. The number of amides is 1. The van der Waals surface area contributed by atoms with Gasteiger partial charge in [0.05, 0.1) is 17.1 Å². The molecule has 1 aliphatic heterocycles. The Balaban J connectivity index is 1.81. The zero-order valence-electron chi connectivity index (χ0n) is 15.0. The largest absolute Gasteiger partial charge is 0.462 e. The highest BCUT2D eigenvalue weighted by Crippen LogP contribution is 2.58. The first-order chi connectivity index (χ1) is 12.2. The summed E-state index contributed by atoms with van der Waals surface area (Å²) in [4.78, 5) is 24.6. The van der Waals surface area contributed by atoms with E-state index in [0.29, 0.717) is 5.69 Å². The molecule has 26 heavy (non-hydrogen) atoms. The molecular formula is C18H24N2O5S. The van der Waals surface area contributed by atoms with Crippen LogP contribution in [0.3, 0.4) is 0 Å². The Labute approximate surface area is 153 Å². The van der Waals surface area contributed by atoms with Gasteiger partial charge in [0, 0.05) is 17.9 Å². The molecule has 1 unspecified atom stereocenters. The predicted octanol–water partition coefficient (Wildman–Crippen LogP) is 1.59. The lowest BCUT2D eigenvalue weighted by Gasteiger charge is -2.23. The van der Waals surface area contributed by atoms with Gasteiger partial charge in [0.1, 0.15) is 0 Å². The molecule has 7 nitrogen and oxygen atoms in total. The topological polar surface area (TPSA) is 102 Å². The number of esters is 1. The summed E-state index contributed by atoms with van der Waals surface area (Å²) >= 11 is 0. The summed E-state index contributed by atoms with van der Waals surface area (Å²) in [6.45, 7) is 3.69. The first-order valence-electron chi connectivity index (χ1n) is 8.79. The number of hydrogen-bond acceptors (Lipinski definition) is 6. The lowest BCUT2D eigenvalue weighted by molar-refractivity contribution is -0.118. The molecule has 2 aliphatic rings. The summed E-state index contributed by atoms with van der Waals surface area (Å²) in [5.74, 6) is -0.792. The maximum absolute atomic E-state index is 12.6. The van der Waals surface area contributed by atoms with Crippen LogP contribution in [0.5, 0.6) is 0 Å². The summed E-state index contributed by atoms with van der Waals surface area (Å²) in [5.41, 5.74) is 0.489. The number of piperidine rings is 1. The van der Waals surface area contributed by atoms with E-state index in [1.165, 1.54) is 18.2 Å². The van der Waals surface area contributed by atoms with E-state index in [9.17, 15) is 18.0 Å². The van der Waals surface area contributed by atoms with Crippen molar-refractivity contribution in [1.29, 1.82) is 0 Å². The van der Waals surface area contributed by atoms with Gasteiger partial charge in [0.25, 0.3) is 0 Å². The second-order valence-electron chi connectivity index (χ2n) is 7.10. The van der Waals surface area contributed by atoms with Gasteiger partial charge in [-0.05, 0) is 62.9 Å². The SMILES string of the molecule is CCOC(=O)c1cc(NC(=O)C2CC23CCNCC3)cc(S(C)(=O)=O)c1. The van der Waals surface area contributed by atoms with Crippen LogP contribution in [0.4, 0.5) is 5.69 Å². The first-order valence-corrected chi connectivity index (χ1v) is 10.7. The molecule has 3 rings (SSSR count). The van der Waals surface area contributed by atoms with Crippen LogP contribution in [0.15, 0.2) is 23.1 Å². The number of rotatable bonds is 5. The molecule has 1 atom stereocenters. The third-order valence-electron chi connectivity index (χ3n) is 5.22. The molecule has 2 fully saturated rings. The molecule has 1 aliphatic carbocycles. The number of nitrogens with one attached hydrogen (secondary N) is 2. The van der Waals surface area contributed by atoms with Crippen molar-refractivity contribution in [3.8, 4) is 0 Å². The van der Waals surface area contributed by atoms with Crippen molar-refractivity contribution in [3.05, 3.63) is 23.8 Å². The first kappa shape index (κ1) is 18.8. The molecule has 0 bridgehead atoms. The molecule has 0 radical (unpaired) electrons. The van der Waals surface area contributed by atoms with E-state index in [4.69, 9.17) is 4.74 Å².